The highest BCUT2D eigenvalue weighted by Crippen LogP contribution is 2.47. The molecule has 2 aromatic rings. The maximum Gasteiger partial charge on any atom is 0.254 e. The quantitative estimate of drug-likeness (QED) is 0.825. The number of carbonyl (C=O) groups excluding carboxylic acids is 1. The minimum atomic E-state index is 0. The van der Waals surface area contributed by atoms with Crippen molar-refractivity contribution in [3.63, 3.8) is 0 Å². The number of hydrogen-bond donors (Lipinski definition) is 1. The Labute approximate surface area is 148 Å². The van der Waals surface area contributed by atoms with Gasteiger partial charge in [-0.05, 0) is 61.6 Å². The van der Waals surface area contributed by atoms with Crippen LogP contribution < -0.4 is 5.73 Å². The number of halogens is 1. The molecule has 1 aromatic carbocycles. The highest BCUT2D eigenvalue weighted by molar-refractivity contribution is 5.94. The van der Waals surface area contributed by atoms with Gasteiger partial charge in [0.25, 0.3) is 5.91 Å². The molecule has 2 atom stereocenters. The Morgan fingerprint density at radius 2 is 1.88 bits per heavy atom. The summed E-state index contributed by atoms with van der Waals surface area (Å²) < 4.78 is 5.98. The standard InChI is InChI=1S/C19H22N2O2.ClH/c1-12-10-17(12)18-9-8-16(23-18)11-21(15-6-7-15)19(22)13-2-4-14(20)5-3-13;/h2-5,8-9,12,15,17H,6-7,10-11,20H2,1H3;1H. The van der Waals surface area contributed by atoms with Gasteiger partial charge in [-0.15, -0.1) is 12.4 Å². The lowest BCUT2D eigenvalue weighted by atomic mass is 10.1. The fraction of sp³-hybridized carbons (Fsp3) is 0.421. The van der Waals surface area contributed by atoms with Crippen LogP contribution >= 0.6 is 12.4 Å². The second kappa shape index (κ2) is 6.52. The number of rotatable bonds is 5. The molecule has 2 N–H and O–H groups in total. The molecule has 1 amide bonds. The van der Waals surface area contributed by atoms with Crippen molar-refractivity contribution in [1.82, 2.24) is 4.90 Å². The maximum absolute atomic E-state index is 12.8. The van der Waals surface area contributed by atoms with Crippen LogP contribution in [0.1, 0.15) is 54.0 Å². The summed E-state index contributed by atoms with van der Waals surface area (Å²) in [6, 6.07) is 11.6. The average Bonchev–Trinajstić information content (AvgIpc) is 3.46. The Bertz CT molecular complexity index is 721. The van der Waals surface area contributed by atoms with Crippen LogP contribution in [-0.2, 0) is 6.54 Å². The van der Waals surface area contributed by atoms with Gasteiger partial charge in [-0.25, -0.2) is 0 Å². The van der Waals surface area contributed by atoms with Crippen molar-refractivity contribution in [2.45, 2.75) is 44.7 Å². The number of nitrogen functional groups attached to an aromatic ring is 1. The van der Waals surface area contributed by atoms with Crippen LogP contribution in [0.15, 0.2) is 40.8 Å². The van der Waals surface area contributed by atoms with Crippen LogP contribution in [0.25, 0.3) is 0 Å². The van der Waals surface area contributed by atoms with Gasteiger partial charge >= 0.3 is 0 Å². The Morgan fingerprint density at radius 3 is 2.46 bits per heavy atom. The SMILES string of the molecule is CC1CC1c1ccc(CN(C(=O)c2ccc(N)cc2)C2CC2)o1.Cl. The number of amides is 1. The molecule has 0 radical (unpaired) electrons. The molecule has 1 heterocycles. The van der Waals surface area contributed by atoms with Crippen molar-refractivity contribution in [2.24, 2.45) is 5.92 Å². The van der Waals surface area contributed by atoms with Gasteiger partial charge in [-0.3, -0.25) is 4.79 Å². The predicted molar refractivity (Wildman–Crippen MR) is 96.2 cm³/mol. The van der Waals surface area contributed by atoms with Crippen molar-refractivity contribution in [2.75, 3.05) is 5.73 Å². The molecule has 2 fully saturated rings. The van der Waals surface area contributed by atoms with Crippen molar-refractivity contribution in [3.05, 3.63) is 53.5 Å². The summed E-state index contributed by atoms with van der Waals surface area (Å²) in [6.45, 7) is 2.79. The zero-order chi connectivity index (χ0) is 16.0. The van der Waals surface area contributed by atoms with Gasteiger partial charge in [-0.1, -0.05) is 6.92 Å². The molecule has 0 bridgehead atoms. The smallest absolute Gasteiger partial charge is 0.254 e. The largest absolute Gasteiger partial charge is 0.464 e. The van der Waals surface area contributed by atoms with Crippen molar-refractivity contribution in [3.8, 4) is 0 Å². The number of nitrogens with zero attached hydrogens (tertiary/aromatic N) is 1. The average molecular weight is 347 g/mol. The third-order valence-corrected chi connectivity index (χ3v) is 4.89. The van der Waals surface area contributed by atoms with E-state index in [1.54, 1.807) is 24.3 Å². The van der Waals surface area contributed by atoms with Gasteiger partial charge in [0.2, 0.25) is 0 Å². The minimum absolute atomic E-state index is 0. The van der Waals surface area contributed by atoms with Gasteiger partial charge in [0.05, 0.1) is 6.54 Å². The lowest BCUT2D eigenvalue weighted by molar-refractivity contribution is 0.0717. The fourth-order valence-electron chi connectivity index (χ4n) is 3.11. The van der Waals surface area contributed by atoms with Gasteiger partial charge in [-0.2, -0.15) is 0 Å². The normalized spacial score (nSPS) is 21.9. The Hall–Kier alpha value is -1.94. The lowest BCUT2D eigenvalue weighted by Gasteiger charge is -2.21. The van der Waals surface area contributed by atoms with E-state index in [4.69, 9.17) is 10.2 Å². The molecular weight excluding hydrogens is 324 g/mol. The van der Waals surface area contributed by atoms with Crippen molar-refractivity contribution < 1.29 is 9.21 Å². The summed E-state index contributed by atoms with van der Waals surface area (Å²) in [6.07, 6.45) is 3.37. The topological polar surface area (TPSA) is 59.5 Å². The van der Waals surface area contributed by atoms with Crippen LogP contribution in [-0.4, -0.2) is 16.8 Å². The van der Waals surface area contributed by atoms with Crippen LogP contribution in [0.5, 0.6) is 0 Å². The van der Waals surface area contributed by atoms with E-state index in [-0.39, 0.29) is 18.3 Å². The minimum Gasteiger partial charge on any atom is -0.464 e. The summed E-state index contributed by atoms with van der Waals surface area (Å²) in [7, 11) is 0. The number of anilines is 1. The summed E-state index contributed by atoms with van der Waals surface area (Å²) in [5.41, 5.74) is 7.07. The number of nitrogens with two attached hydrogens (primary N) is 1. The van der Waals surface area contributed by atoms with Gasteiger partial charge in [0.15, 0.2) is 0 Å². The second-order valence-electron chi connectivity index (χ2n) is 6.91. The van der Waals surface area contributed by atoms with E-state index in [1.807, 2.05) is 11.0 Å². The molecule has 4 nitrogen and oxygen atoms in total. The molecule has 0 aliphatic heterocycles. The molecular formula is C19H23ClN2O2. The van der Waals surface area contributed by atoms with Crippen LogP contribution in [0.3, 0.4) is 0 Å². The molecule has 0 saturated heterocycles. The first-order valence-corrected chi connectivity index (χ1v) is 8.37. The first-order chi connectivity index (χ1) is 11.1. The highest BCUT2D eigenvalue weighted by Gasteiger charge is 2.37. The lowest BCUT2D eigenvalue weighted by Crippen LogP contribution is -2.32. The number of furan rings is 1. The first-order valence-electron chi connectivity index (χ1n) is 8.37. The van der Waals surface area contributed by atoms with E-state index in [2.05, 4.69) is 13.0 Å². The van der Waals surface area contributed by atoms with E-state index >= 15 is 0 Å². The molecule has 2 saturated carbocycles. The number of carbonyl (C=O) groups is 1. The van der Waals surface area contributed by atoms with Crippen molar-refractivity contribution >= 4 is 24.0 Å². The van der Waals surface area contributed by atoms with Crippen molar-refractivity contribution in [1.29, 1.82) is 0 Å². The van der Waals surface area contributed by atoms with Crippen LogP contribution in [0.4, 0.5) is 5.69 Å². The van der Waals surface area contributed by atoms with Crippen LogP contribution in [0, 0.1) is 5.92 Å². The zero-order valence-corrected chi connectivity index (χ0v) is 14.6. The molecule has 1 aromatic heterocycles. The second-order valence-corrected chi connectivity index (χ2v) is 6.91. The molecule has 2 aliphatic carbocycles. The molecule has 2 aliphatic rings. The molecule has 2 unspecified atom stereocenters. The zero-order valence-electron chi connectivity index (χ0n) is 13.8. The fourth-order valence-corrected chi connectivity index (χ4v) is 3.11. The Kier molecular flexibility index (Phi) is 4.59. The molecule has 5 heteroatoms. The first kappa shape index (κ1) is 16.9. The van der Waals surface area contributed by atoms with E-state index in [0.717, 1.165) is 30.3 Å². The summed E-state index contributed by atoms with van der Waals surface area (Å²) in [5.74, 6) is 3.32. The van der Waals surface area contributed by atoms with Gasteiger partial charge in [0.1, 0.15) is 11.5 Å². The third kappa shape index (κ3) is 3.44. The summed E-state index contributed by atoms with van der Waals surface area (Å²) in [4.78, 5) is 14.7. The maximum atomic E-state index is 12.8. The monoisotopic (exact) mass is 346 g/mol. The summed E-state index contributed by atoms with van der Waals surface area (Å²) in [5, 5.41) is 0. The molecule has 4 rings (SSSR count). The predicted octanol–water partition coefficient (Wildman–Crippen LogP) is 4.21. The number of benzene rings is 1. The third-order valence-electron chi connectivity index (χ3n) is 4.89. The molecule has 0 spiro atoms. The molecule has 24 heavy (non-hydrogen) atoms. The summed E-state index contributed by atoms with van der Waals surface area (Å²) >= 11 is 0. The molecule has 128 valence electrons. The van der Waals surface area contributed by atoms with Gasteiger partial charge < -0.3 is 15.1 Å². The Morgan fingerprint density at radius 1 is 1.21 bits per heavy atom. The number of hydrogen-bond acceptors (Lipinski definition) is 3. The van der Waals surface area contributed by atoms with Gasteiger partial charge in [0, 0.05) is 23.2 Å². The van der Waals surface area contributed by atoms with E-state index in [0.29, 0.717) is 29.8 Å². The highest BCUT2D eigenvalue weighted by atomic mass is 35.5. The van der Waals surface area contributed by atoms with Crippen LogP contribution in [0.2, 0.25) is 0 Å². The van der Waals surface area contributed by atoms with E-state index in [1.165, 1.54) is 6.42 Å². The Balaban J connectivity index is 0.00000169. The van der Waals surface area contributed by atoms with E-state index in [9.17, 15) is 4.79 Å². The van der Waals surface area contributed by atoms with E-state index < -0.39 is 0 Å².